The number of aryl methyl sites for hydroxylation is 1. The average Bonchev–Trinajstić information content (AvgIpc) is 3.37. The van der Waals surface area contributed by atoms with Crippen LogP contribution in [-0.2, 0) is 4.79 Å². The number of nitrogens with one attached hydrogen (secondary N) is 1. The van der Waals surface area contributed by atoms with E-state index in [1.165, 1.54) is 11.3 Å². The van der Waals surface area contributed by atoms with Crippen molar-refractivity contribution in [1.82, 2.24) is 19.9 Å². The topological polar surface area (TPSA) is 91.6 Å². The molecule has 3 aromatic rings. The van der Waals surface area contributed by atoms with Gasteiger partial charge in [-0.05, 0) is 19.1 Å². The molecule has 0 saturated carbocycles. The predicted molar refractivity (Wildman–Crippen MR) is 115 cm³/mol. The van der Waals surface area contributed by atoms with Crippen LogP contribution < -0.4 is 5.32 Å². The van der Waals surface area contributed by atoms with Gasteiger partial charge >= 0.3 is 0 Å². The summed E-state index contributed by atoms with van der Waals surface area (Å²) in [5.41, 5.74) is 1.33. The number of hydrogen-bond acceptors (Lipinski definition) is 7. The molecule has 1 N–H and O–H groups in total. The number of aromatic nitrogens is 2. The number of hydrogen-bond donors (Lipinski definition) is 1. The van der Waals surface area contributed by atoms with Crippen molar-refractivity contribution >= 4 is 40.6 Å². The summed E-state index contributed by atoms with van der Waals surface area (Å²) in [6.45, 7) is 4.31. The van der Waals surface area contributed by atoms with Crippen LogP contribution in [0.2, 0.25) is 5.02 Å². The Bertz CT molecular complexity index is 1060. The summed E-state index contributed by atoms with van der Waals surface area (Å²) < 4.78 is 4.94. The molecule has 1 aliphatic rings. The van der Waals surface area contributed by atoms with Crippen LogP contribution >= 0.6 is 22.9 Å². The normalized spacial score (nSPS) is 14.7. The van der Waals surface area contributed by atoms with Gasteiger partial charge in [-0.1, -0.05) is 28.9 Å². The van der Waals surface area contributed by atoms with Gasteiger partial charge in [0.2, 0.25) is 5.91 Å². The van der Waals surface area contributed by atoms with E-state index < -0.39 is 0 Å². The molecule has 3 heterocycles. The molecule has 0 bridgehead atoms. The third-order valence-corrected chi connectivity index (χ3v) is 5.84. The molecule has 1 saturated heterocycles. The van der Waals surface area contributed by atoms with E-state index in [2.05, 4.69) is 15.5 Å². The summed E-state index contributed by atoms with van der Waals surface area (Å²) in [6.07, 6.45) is 0. The first kappa shape index (κ1) is 20.5. The number of carbonyl (C=O) groups excluding carboxylic acids is 2. The van der Waals surface area contributed by atoms with Gasteiger partial charge in [0.25, 0.3) is 5.91 Å². The zero-order valence-corrected chi connectivity index (χ0v) is 17.9. The minimum absolute atomic E-state index is 0.0956. The smallest absolute Gasteiger partial charge is 0.273 e. The number of halogens is 1. The fraction of sp³-hybridized carbons (Fsp3) is 0.300. The second-order valence-corrected chi connectivity index (χ2v) is 8.28. The Morgan fingerprint density at radius 2 is 2.03 bits per heavy atom. The van der Waals surface area contributed by atoms with Gasteiger partial charge in [-0.15, -0.1) is 11.3 Å². The molecule has 10 heteroatoms. The van der Waals surface area contributed by atoms with Crippen molar-refractivity contribution in [2.75, 3.05) is 38.0 Å². The highest BCUT2D eigenvalue weighted by molar-refractivity contribution is 7.13. The quantitative estimate of drug-likeness (QED) is 0.648. The fourth-order valence-corrected chi connectivity index (χ4v) is 4.19. The monoisotopic (exact) mass is 445 g/mol. The predicted octanol–water partition coefficient (Wildman–Crippen LogP) is 3.16. The van der Waals surface area contributed by atoms with Gasteiger partial charge in [0.1, 0.15) is 16.5 Å². The maximum Gasteiger partial charge on any atom is 0.273 e. The molecule has 1 aromatic carbocycles. The Balaban J connectivity index is 1.30. The van der Waals surface area contributed by atoms with Crippen molar-refractivity contribution in [2.24, 2.45) is 0 Å². The first-order valence-corrected chi connectivity index (χ1v) is 10.7. The third kappa shape index (κ3) is 4.86. The zero-order valence-electron chi connectivity index (χ0n) is 16.3. The van der Waals surface area contributed by atoms with E-state index in [0.29, 0.717) is 48.5 Å². The molecule has 1 aliphatic heterocycles. The fourth-order valence-electron chi connectivity index (χ4n) is 3.21. The molecule has 1 fully saturated rings. The summed E-state index contributed by atoms with van der Waals surface area (Å²) in [6, 6.07) is 9.08. The van der Waals surface area contributed by atoms with E-state index in [1.807, 2.05) is 23.1 Å². The molecule has 8 nitrogen and oxygen atoms in total. The van der Waals surface area contributed by atoms with Gasteiger partial charge < -0.3 is 14.7 Å². The van der Waals surface area contributed by atoms with Crippen LogP contribution in [0.1, 0.15) is 16.2 Å². The molecule has 156 valence electrons. The largest absolute Gasteiger partial charge is 0.360 e. The average molecular weight is 446 g/mol. The summed E-state index contributed by atoms with van der Waals surface area (Å²) in [5.74, 6) is 0.791. The van der Waals surface area contributed by atoms with Crippen molar-refractivity contribution in [1.29, 1.82) is 0 Å². The number of carbonyl (C=O) groups is 2. The van der Waals surface area contributed by atoms with Crippen molar-refractivity contribution in [2.45, 2.75) is 6.92 Å². The van der Waals surface area contributed by atoms with E-state index in [-0.39, 0.29) is 18.4 Å². The van der Waals surface area contributed by atoms with Crippen molar-refractivity contribution < 1.29 is 14.1 Å². The Morgan fingerprint density at radius 1 is 1.23 bits per heavy atom. The molecule has 2 aromatic heterocycles. The lowest BCUT2D eigenvalue weighted by molar-refractivity contribution is -0.117. The van der Waals surface area contributed by atoms with E-state index in [1.54, 1.807) is 29.3 Å². The lowest BCUT2D eigenvalue weighted by atomic mass is 10.2. The standard InChI is InChI=1S/C20H20ClN5O3S/c1-13-9-17(24-29-13)23-18(27)11-25-5-7-26(8-6-25)20(28)16-12-30-19(22-16)14-3-2-4-15(21)10-14/h2-4,9-10,12H,5-8,11H2,1H3,(H,23,24,27). The molecular formula is C20H20ClN5O3S. The van der Waals surface area contributed by atoms with Crippen molar-refractivity contribution in [3.8, 4) is 10.6 Å². The van der Waals surface area contributed by atoms with Gasteiger partial charge in [0.15, 0.2) is 5.82 Å². The Labute approximate surface area is 182 Å². The minimum atomic E-state index is -0.159. The van der Waals surface area contributed by atoms with Gasteiger partial charge in [0, 0.05) is 48.2 Å². The summed E-state index contributed by atoms with van der Waals surface area (Å²) in [4.78, 5) is 33.2. The molecule has 0 spiro atoms. The maximum absolute atomic E-state index is 12.8. The highest BCUT2D eigenvalue weighted by atomic mass is 35.5. The lowest BCUT2D eigenvalue weighted by Gasteiger charge is -2.33. The van der Waals surface area contributed by atoms with Crippen molar-refractivity contribution in [3.05, 3.63) is 52.2 Å². The molecule has 0 atom stereocenters. The zero-order chi connectivity index (χ0) is 21.1. The van der Waals surface area contributed by atoms with Gasteiger partial charge in [0.05, 0.1) is 6.54 Å². The lowest BCUT2D eigenvalue weighted by Crippen LogP contribution is -2.50. The van der Waals surface area contributed by atoms with Crippen LogP contribution in [0.15, 0.2) is 40.2 Å². The second-order valence-electron chi connectivity index (χ2n) is 6.99. The number of rotatable bonds is 5. The van der Waals surface area contributed by atoms with Crippen LogP contribution in [0.3, 0.4) is 0 Å². The number of benzene rings is 1. The molecule has 0 aliphatic carbocycles. The van der Waals surface area contributed by atoms with Crippen LogP contribution in [0.5, 0.6) is 0 Å². The van der Waals surface area contributed by atoms with E-state index in [4.69, 9.17) is 16.1 Å². The van der Waals surface area contributed by atoms with Gasteiger partial charge in [-0.3, -0.25) is 14.5 Å². The Morgan fingerprint density at radius 3 is 2.73 bits per heavy atom. The van der Waals surface area contributed by atoms with Gasteiger partial charge in [-0.25, -0.2) is 4.98 Å². The van der Waals surface area contributed by atoms with Gasteiger partial charge in [-0.2, -0.15) is 0 Å². The molecule has 4 rings (SSSR count). The van der Waals surface area contributed by atoms with Crippen molar-refractivity contribution in [3.63, 3.8) is 0 Å². The molecule has 2 amide bonds. The molecular weight excluding hydrogens is 426 g/mol. The minimum Gasteiger partial charge on any atom is -0.360 e. The number of piperazine rings is 1. The van der Waals surface area contributed by atoms with Crippen LogP contribution in [0.4, 0.5) is 5.82 Å². The van der Waals surface area contributed by atoms with Crippen LogP contribution in [0.25, 0.3) is 10.6 Å². The summed E-state index contributed by atoms with van der Waals surface area (Å²) >= 11 is 7.46. The first-order chi connectivity index (χ1) is 14.5. The van der Waals surface area contributed by atoms with E-state index >= 15 is 0 Å². The molecule has 0 radical (unpaired) electrons. The highest BCUT2D eigenvalue weighted by Crippen LogP contribution is 2.26. The maximum atomic E-state index is 12.8. The first-order valence-electron chi connectivity index (χ1n) is 9.44. The molecule has 0 unspecified atom stereocenters. The summed E-state index contributed by atoms with van der Waals surface area (Å²) in [5, 5.41) is 9.64. The summed E-state index contributed by atoms with van der Waals surface area (Å²) in [7, 11) is 0. The number of anilines is 1. The number of thiazole rings is 1. The van der Waals surface area contributed by atoms with E-state index in [9.17, 15) is 9.59 Å². The van der Waals surface area contributed by atoms with E-state index in [0.717, 1.165) is 10.6 Å². The highest BCUT2D eigenvalue weighted by Gasteiger charge is 2.25. The Kier molecular flexibility index (Phi) is 6.12. The number of amides is 2. The Hall–Kier alpha value is -2.75. The SMILES string of the molecule is Cc1cc(NC(=O)CN2CCN(C(=O)c3csc(-c4cccc(Cl)c4)n3)CC2)no1. The van der Waals surface area contributed by atoms with Crippen LogP contribution in [0, 0.1) is 6.92 Å². The second kappa shape index (κ2) is 8.95. The molecule has 30 heavy (non-hydrogen) atoms. The third-order valence-electron chi connectivity index (χ3n) is 4.72. The van der Waals surface area contributed by atoms with Crippen LogP contribution in [-0.4, -0.2) is 64.5 Å². The number of nitrogens with zero attached hydrogens (tertiary/aromatic N) is 4.